The maximum absolute atomic E-state index is 12.2. The van der Waals surface area contributed by atoms with E-state index in [0.717, 1.165) is 37.7 Å². The first-order chi connectivity index (χ1) is 12.1. The lowest BCUT2D eigenvalue weighted by Crippen LogP contribution is -2.20. The maximum atomic E-state index is 12.2. The summed E-state index contributed by atoms with van der Waals surface area (Å²) in [7, 11) is 0. The first-order valence-corrected chi connectivity index (χ1v) is 8.71. The van der Waals surface area contributed by atoms with Gasteiger partial charge in [0.2, 0.25) is 5.91 Å². The average Bonchev–Trinajstić information content (AvgIpc) is 3.24. The van der Waals surface area contributed by atoms with Gasteiger partial charge in [0.15, 0.2) is 0 Å². The molecule has 6 heteroatoms. The van der Waals surface area contributed by atoms with Crippen LogP contribution in [-0.4, -0.2) is 35.5 Å². The van der Waals surface area contributed by atoms with Crippen LogP contribution >= 0.6 is 0 Å². The lowest BCUT2D eigenvalue weighted by molar-refractivity contribution is -0.116. The summed E-state index contributed by atoms with van der Waals surface area (Å²) in [6, 6.07) is 7.76. The zero-order valence-corrected chi connectivity index (χ0v) is 14.8. The fraction of sp³-hybridized carbons (Fsp3) is 0.474. The van der Waals surface area contributed by atoms with Crippen LogP contribution in [0.4, 0.5) is 5.82 Å². The van der Waals surface area contributed by atoms with Crippen molar-refractivity contribution < 1.29 is 14.3 Å². The number of rotatable bonds is 7. The molecule has 2 aromatic rings. The molecular formula is C19H25N3O3. The number of ether oxygens (including phenoxy) is 2. The molecule has 0 spiro atoms. The quantitative estimate of drug-likeness (QED) is 0.839. The van der Waals surface area contributed by atoms with Crippen LogP contribution in [-0.2, 0) is 16.1 Å². The Morgan fingerprint density at radius 3 is 3.00 bits per heavy atom. The summed E-state index contributed by atoms with van der Waals surface area (Å²) >= 11 is 0. The molecule has 0 bridgehead atoms. The molecule has 0 unspecified atom stereocenters. The van der Waals surface area contributed by atoms with E-state index in [2.05, 4.69) is 17.3 Å². The van der Waals surface area contributed by atoms with Crippen LogP contribution in [0.3, 0.4) is 0 Å². The molecule has 1 fully saturated rings. The first-order valence-electron chi connectivity index (χ1n) is 8.71. The van der Waals surface area contributed by atoms with Crippen LogP contribution in [0.2, 0.25) is 0 Å². The van der Waals surface area contributed by atoms with E-state index >= 15 is 0 Å². The number of benzene rings is 1. The van der Waals surface area contributed by atoms with Gasteiger partial charge in [-0.05, 0) is 43.5 Å². The Balaban J connectivity index is 1.46. The number of aryl methyl sites for hydroxylation is 2. The SMILES string of the molecule is Cc1ccc(OCCC(=O)Nc2ccnn2C[C@@H]2CCOC2)cc1C. The second-order valence-electron chi connectivity index (χ2n) is 6.52. The second kappa shape index (κ2) is 8.16. The number of aromatic nitrogens is 2. The normalized spacial score (nSPS) is 16.8. The topological polar surface area (TPSA) is 65.4 Å². The molecule has 1 aromatic heterocycles. The highest BCUT2D eigenvalue weighted by atomic mass is 16.5. The Bertz CT molecular complexity index is 720. The van der Waals surface area contributed by atoms with E-state index in [1.165, 1.54) is 11.1 Å². The molecule has 0 radical (unpaired) electrons. The predicted octanol–water partition coefficient (Wildman–Crippen LogP) is 2.94. The van der Waals surface area contributed by atoms with E-state index in [0.29, 0.717) is 18.9 Å². The van der Waals surface area contributed by atoms with E-state index in [9.17, 15) is 4.79 Å². The number of hydrogen-bond donors (Lipinski definition) is 1. The molecule has 1 aromatic carbocycles. The van der Waals surface area contributed by atoms with Gasteiger partial charge in [-0.2, -0.15) is 5.10 Å². The molecular weight excluding hydrogens is 318 g/mol. The summed E-state index contributed by atoms with van der Waals surface area (Å²) < 4.78 is 12.9. The van der Waals surface area contributed by atoms with E-state index in [1.807, 2.05) is 35.9 Å². The lowest BCUT2D eigenvalue weighted by atomic mass is 10.1. The Labute approximate surface area is 148 Å². The highest BCUT2D eigenvalue weighted by Gasteiger charge is 2.18. The number of nitrogens with one attached hydrogen (secondary N) is 1. The Morgan fingerprint density at radius 2 is 2.24 bits per heavy atom. The third-order valence-electron chi connectivity index (χ3n) is 4.52. The van der Waals surface area contributed by atoms with Crippen molar-refractivity contribution in [3.8, 4) is 5.75 Å². The van der Waals surface area contributed by atoms with Crippen molar-refractivity contribution in [2.75, 3.05) is 25.1 Å². The van der Waals surface area contributed by atoms with Gasteiger partial charge in [-0.25, -0.2) is 4.68 Å². The summed E-state index contributed by atoms with van der Waals surface area (Å²) in [4.78, 5) is 12.2. The van der Waals surface area contributed by atoms with Crippen LogP contribution in [0.5, 0.6) is 5.75 Å². The second-order valence-corrected chi connectivity index (χ2v) is 6.52. The van der Waals surface area contributed by atoms with Crippen LogP contribution in [0, 0.1) is 19.8 Å². The van der Waals surface area contributed by atoms with Gasteiger partial charge in [0.05, 0.1) is 25.8 Å². The van der Waals surface area contributed by atoms with Crippen molar-refractivity contribution in [3.05, 3.63) is 41.6 Å². The molecule has 0 aliphatic carbocycles. The number of nitrogens with zero attached hydrogens (tertiary/aromatic N) is 2. The fourth-order valence-electron chi connectivity index (χ4n) is 2.83. The third kappa shape index (κ3) is 4.82. The van der Waals surface area contributed by atoms with Crippen molar-refractivity contribution in [2.45, 2.75) is 33.2 Å². The summed E-state index contributed by atoms with van der Waals surface area (Å²) in [5, 5.41) is 7.21. The molecule has 2 heterocycles. The largest absolute Gasteiger partial charge is 0.493 e. The van der Waals surface area contributed by atoms with Gasteiger partial charge in [0.25, 0.3) is 0 Å². The number of hydrogen-bond acceptors (Lipinski definition) is 4. The molecule has 1 amide bonds. The molecule has 1 aliphatic heterocycles. The van der Waals surface area contributed by atoms with Gasteiger partial charge in [-0.3, -0.25) is 4.79 Å². The Hall–Kier alpha value is -2.34. The first kappa shape index (κ1) is 17.5. The van der Waals surface area contributed by atoms with Crippen molar-refractivity contribution in [1.82, 2.24) is 9.78 Å². The molecule has 25 heavy (non-hydrogen) atoms. The zero-order chi connectivity index (χ0) is 17.6. The smallest absolute Gasteiger partial charge is 0.228 e. The minimum Gasteiger partial charge on any atom is -0.493 e. The summed E-state index contributed by atoms with van der Waals surface area (Å²) in [6.07, 6.45) is 3.04. The van der Waals surface area contributed by atoms with Gasteiger partial charge in [0.1, 0.15) is 11.6 Å². The van der Waals surface area contributed by atoms with Crippen LogP contribution in [0.15, 0.2) is 30.5 Å². The highest BCUT2D eigenvalue weighted by Crippen LogP contribution is 2.18. The number of amides is 1. The Kier molecular flexibility index (Phi) is 5.71. The molecule has 1 aliphatic rings. The van der Waals surface area contributed by atoms with Crippen LogP contribution in [0.1, 0.15) is 24.0 Å². The van der Waals surface area contributed by atoms with E-state index in [-0.39, 0.29) is 5.91 Å². The molecule has 0 saturated carbocycles. The lowest BCUT2D eigenvalue weighted by Gasteiger charge is -2.12. The molecule has 1 N–H and O–H groups in total. The molecule has 1 saturated heterocycles. The van der Waals surface area contributed by atoms with Crippen LogP contribution in [0.25, 0.3) is 0 Å². The van der Waals surface area contributed by atoms with Crippen molar-refractivity contribution in [2.24, 2.45) is 5.92 Å². The summed E-state index contributed by atoms with van der Waals surface area (Å²) in [5.41, 5.74) is 2.41. The van der Waals surface area contributed by atoms with Crippen molar-refractivity contribution in [3.63, 3.8) is 0 Å². The summed E-state index contributed by atoms with van der Waals surface area (Å²) in [6.45, 7) is 6.79. The van der Waals surface area contributed by atoms with E-state index < -0.39 is 0 Å². The fourth-order valence-corrected chi connectivity index (χ4v) is 2.83. The minimum absolute atomic E-state index is 0.0757. The number of carbonyl (C=O) groups excluding carboxylic acids is 1. The van der Waals surface area contributed by atoms with Gasteiger partial charge in [0, 0.05) is 25.1 Å². The average molecular weight is 343 g/mol. The van der Waals surface area contributed by atoms with Crippen molar-refractivity contribution in [1.29, 1.82) is 0 Å². The highest BCUT2D eigenvalue weighted by molar-refractivity contribution is 5.89. The van der Waals surface area contributed by atoms with E-state index in [4.69, 9.17) is 9.47 Å². The van der Waals surface area contributed by atoms with Crippen LogP contribution < -0.4 is 10.1 Å². The number of carbonyl (C=O) groups is 1. The molecule has 3 rings (SSSR count). The van der Waals surface area contributed by atoms with Gasteiger partial charge in [-0.1, -0.05) is 6.07 Å². The van der Waals surface area contributed by atoms with E-state index in [1.54, 1.807) is 6.20 Å². The third-order valence-corrected chi connectivity index (χ3v) is 4.52. The number of anilines is 1. The zero-order valence-electron chi connectivity index (χ0n) is 14.8. The summed E-state index contributed by atoms with van der Waals surface area (Å²) in [5.74, 6) is 1.90. The van der Waals surface area contributed by atoms with Gasteiger partial charge >= 0.3 is 0 Å². The molecule has 1 atom stereocenters. The maximum Gasteiger partial charge on any atom is 0.228 e. The van der Waals surface area contributed by atoms with Gasteiger partial charge < -0.3 is 14.8 Å². The minimum atomic E-state index is -0.0757. The van der Waals surface area contributed by atoms with Gasteiger partial charge in [-0.15, -0.1) is 0 Å². The Morgan fingerprint density at radius 1 is 1.36 bits per heavy atom. The predicted molar refractivity (Wildman–Crippen MR) is 95.8 cm³/mol. The molecule has 6 nitrogen and oxygen atoms in total. The van der Waals surface area contributed by atoms with Crippen molar-refractivity contribution >= 4 is 11.7 Å². The monoisotopic (exact) mass is 343 g/mol. The molecule has 134 valence electrons. The standard InChI is InChI=1S/C19H25N3O3/c1-14-3-4-17(11-15(14)2)25-10-7-19(23)21-18-5-8-20-22(18)12-16-6-9-24-13-16/h3-5,8,11,16H,6-7,9-10,12-13H2,1-2H3,(H,21,23)/t16-/m0/s1.